The largest absolute Gasteiger partial charge is 0.356 e. The van der Waals surface area contributed by atoms with Crippen LogP contribution in [0.3, 0.4) is 0 Å². The van der Waals surface area contributed by atoms with Crippen molar-refractivity contribution in [3.63, 3.8) is 0 Å². The molecule has 1 N–H and O–H groups in total. The van der Waals surface area contributed by atoms with Crippen molar-refractivity contribution in [3.8, 4) is 0 Å². The highest BCUT2D eigenvalue weighted by molar-refractivity contribution is 5.85. The smallest absolute Gasteiger partial charge is 0.225 e. The van der Waals surface area contributed by atoms with E-state index in [0.29, 0.717) is 19.6 Å². The maximum absolute atomic E-state index is 12.6. The summed E-state index contributed by atoms with van der Waals surface area (Å²) >= 11 is 0. The predicted molar refractivity (Wildman–Crippen MR) is 90.0 cm³/mol. The van der Waals surface area contributed by atoms with Crippen molar-refractivity contribution < 1.29 is 9.59 Å². The molecule has 1 aliphatic carbocycles. The molecule has 0 aromatic heterocycles. The van der Waals surface area contributed by atoms with Gasteiger partial charge in [-0.3, -0.25) is 9.59 Å². The number of nitrogens with one attached hydrogen (secondary N) is 1. The van der Waals surface area contributed by atoms with Crippen molar-refractivity contribution in [2.75, 3.05) is 19.6 Å². The molecule has 2 amide bonds. The van der Waals surface area contributed by atoms with Gasteiger partial charge in [0, 0.05) is 31.5 Å². The summed E-state index contributed by atoms with van der Waals surface area (Å²) in [5, 5.41) is 3.02. The van der Waals surface area contributed by atoms with E-state index in [9.17, 15) is 9.59 Å². The van der Waals surface area contributed by atoms with Gasteiger partial charge in [-0.2, -0.15) is 0 Å². The van der Waals surface area contributed by atoms with Crippen LogP contribution < -0.4 is 5.32 Å². The summed E-state index contributed by atoms with van der Waals surface area (Å²) < 4.78 is 0. The Labute approximate surface area is 138 Å². The number of aryl methyl sites for hydroxylation is 1. The van der Waals surface area contributed by atoms with Crippen molar-refractivity contribution in [2.24, 2.45) is 11.8 Å². The molecule has 1 aliphatic heterocycles. The average molecular weight is 314 g/mol. The van der Waals surface area contributed by atoms with E-state index in [4.69, 9.17) is 0 Å². The third-order valence-corrected chi connectivity index (χ3v) is 5.03. The van der Waals surface area contributed by atoms with Gasteiger partial charge in [0.15, 0.2) is 0 Å². The number of nitrogens with zero attached hydrogens (tertiary/aromatic N) is 1. The van der Waals surface area contributed by atoms with E-state index in [2.05, 4.69) is 31.3 Å². The first-order valence-corrected chi connectivity index (χ1v) is 8.73. The van der Waals surface area contributed by atoms with E-state index < -0.39 is 0 Å². The first kappa shape index (κ1) is 16.0. The van der Waals surface area contributed by atoms with Gasteiger partial charge in [-0.25, -0.2) is 0 Å². The molecule has 2 aliphatic rings. The zero-order valence-electron chi connectivity index (χ0n) is 14.0. The lowest BCUT2D eigenvalue weighted by molar-refractivity contribution is -0.132. The Bertz CT molecular complexity index is 595. The van der Waals surface area contributed by atoms with Gasteiger partial charge in [-0.05, 0) is 37.3 Å². The molecule has 2 fully saturated rings. The van der Waals surface area contributed by atoms with Crippen LogP contribution in [-0.4, -0.2) is 36.3 Å². The topological polar surface area (TPSA) is 49.4 Å². The van der Waals surface area contributed by atoms with Crippen molar-refractivity contribution in [2.45, 2.75) is 39.0 Å². The van der Waals surface area contributed by atoms with E-state index >= 15 is 0 Å². The SMILES string of the molecule is CCCNC(=O)C1CN(C(=O)C2CC2)CC1c1ccccc1C. The van der Waals surface area contributed by atoms with Crippen LogP contribution in [0.1, 0.15) is 43.2 Å². The number of amides is 2. The molecule has 2 atom stereocenters. The van der Waals surface area contributed by atoms with Gasteiger partial charge < -0.3 is 10.2 Å². The van der Waals surface area contributed by atoms with Crippen LogP contribution in [0, 0.1) is 18.8 Å². The number of benzene rings is 1. The molecule has 4 nitrogen and oxygen atoms in total. The number of carbonyl (C=O) groups is 2. The Kier molecular flexibility index (Phi) is 4.69. The Morgan fingerprint density at radius 2 is 1.96 bits per heavy atom. The monoisotopic (exact) mass is 314 g/mol. The lowest BCUT2D eigenvalue weighted by Gasteiger charge is -2.19. The normalized spacial score (nSPS) is 23.8. The van der Waals surface area contributed by atoms with E-state index in [-0.39, 0.29) is 29.6 Å². The molecule has 124 valence electrons. The van der Waals surface area contributed by atoms with Crippen molar-refractivity contribution >= 4 is 11.8 Å². The number of carbonyl (C=O) groups excluding carboxylic acids is 2. The molecule has 4 heteroatoms. The molecule has 1 saturated carbocycles. The number of likely N-dealkylation sites (tertiary alicyclic amines) is 1. The Hall–Kier alpha value is -1.84. The van der Waals surface area contributed by atoms with E-state index in [1.54, 1.807) is 0 Å². The van der Waals surface area contributed by atoms with Gasteiger partial charge in [-0.15, -0.1) is 0 Å². The van der Waals surface area contributed by atoms with Crippen LogP contribution >= 0.6 is 0 Å². The third kappa shape index (κ3) is 3.41. The third-order valence-electron chi connectivity index (χ3n) is 5.03. The molecular weight excluding hydrogens is 288 g/mol. The van der Waals surface area contributed by atoms with Gasteiger partial charge >= 0.3 is 0 Å². The molecule has 1 aromatic carbocycles. The van der Waals surface area contributed by atoms with Crippen LogP contribution in [0.2, 0.25) is 0 Å². The second kappa shape index (κ2) is 6.73. The standard InChI is InChI=1S/C19H26N2O2/c1-3-10-20-18(22)17-12-21(19(23)14-8-9-14)11-16(17)15-7-5-4-6-13(15)2/h4-7,14,16-17H,3,8-12H2,1-2H3,(H,20,22). The van der Waals surface area contributed by atoms with Crippen molar-refractivity contribution in [1.82, 2.24) is 10.2 Å². The molecule has 0 bridgehead atoms. The van der Waals surface area contributed by atoms with Gasteiger partial charge in [-0.1, -0.05) is 31.2 Å². The van der Waals surface area contributed by atoms with Crippen LogP contribution in [0.25, 0.3) is 0 Å². The second-order valence-corrected chi connectivity index (χ2v) is 6.88. The fourth-order valence-corrected chi connectivity index (χ4v) is 3.54. The summed E-state index contributed by atoms with van der Waals surface area (Å²) in [5.74, 6) is 0.520. The molecule has 23 heavy (non-hydrogen) atoms. The van der Waals surface area contributed by atoms with Crippen LogP contribution in [0.4, 0.5) is 0 Å². The first-order valence-electron chi connectivity index (χ1n) is 8.73. The van der Waals surface area contributed by atoms with Crippen LogP contribution in [-0.2, 0) is 9.59 Å². The molecule has 1 aromatic rings. The molecule has 3 rings (SSSR count). The van der Waals surface area contributed by atoms with Gasteiger partial charge in [0.1, 0.15) is 0 Å². The van der Waals surface area contributed by atoms with Crippen molar-refractivity contribution in [3.05, 3.63) is 35.4 Å². The second-order valence-electron chi connectivity index (χ2n) is 6.88. The summed E-state index contributed by atoms with van der Waals surface area (Å²) in [4.78, 5) is 27.0. The minimum Gasteiger partial charge on any atom is -0.356 e. The lowest BCUT2D eigenvalue weighted by atomic mass is 9.86. The fourth-order valence-electron chi connectivity index (χ4n) is 3.54. The molecular formula is C19H26N2O2. The van der Waals surface area contributed by atoms with Crippen LogP contribution in [0.5, 0.6) is 0 Å². The molecule has 1 saturated heterocycles. The molecule has 2 unspecified atom stereocenters. The molecule has 0 radical (unpaired) electrons. The van der Waals surface area contributed by atoms with E-state index in [1.807, 2.05) is 17.0 Å². The Morgan fingerprint density at radius 3 is 2.61 bits per heavy atom. The molecule has 1 heterocycles. The molecule has 0 spiro atoms. The zero-order valence-corrected chi connectivity index (χ0v) is 14.0. The van der Waals surface area contributed by atoms with Crippen LogP contribution in [0.15, 0.2) is 24.3 Å². The predicted octanol–water partition coefficient (Wildman–Crippen LogP) is 2.47. The van der Waals surface area contributed by atoms with Crippen molar-refractivity contribution in [1.29, 1.82) is 0 Å². The summed E-state index contributed by atoms with van der Waals surface area (Å²) in [5.41, 5.74) is 2.40. The summed E-state index contributed by atoms with van der Waals surface area (Å²) in [6.45, 7) is 6.07. The highest BCUT2D eigenvalue weighted by Gasteiger charge is 2.44. The van der Waals surface area contributed by atoms with Gasteiger partial charge in [0.2, 0.25) is 11.8 Å². The Morgan fingerprint density at radius 1 is 1.22 bits per heavy atom. The summed E-state index contributed by atoms with van der Waals surface area (Å²) in [6, 6.07) is 8.23. The first-order chi connectivity index (χ1) is 11.1. The summed E-state index contributed by atoms with van der Waals surface area (Å²) in [6.07, 6.45) is 2.95. The Balaban J connectivity index is 1.82. The summed E-state index contributed by atoms with van der Waals surface area (Å²) in [7, 11) is 0. The fraction of sp³-hybridized carbons (Fsp3) is 0.579. The maximum atomic E-state index is 12.6. The van der Waals surface area contributed by atoms with E-state index in [0.717, 1.165) is 19.3 Å². The maximum Gasteiger partial charge on any atom is 0.225 e. The van der Waals surface area contributed by atoms with E-state index in [1.165, 1.54) is 11.1 Å². The highest BCUT2D eigenvalue weighted by Crippen LogP contribution is 2.38. The quantitative estimate of drug-likeness (QED) is 0.907. The highest BCUT2D eigenvalue weighted by atomic mass is 16.2. The zero-order chi connectivity index (χ0) is 16.4. The number of hydrogen-bond acceptors (Lipinski definition) is 2. The van der Waals surface area contributed by atoms with Gasteiger partial charge in [0.05, 0.1) is 5.92 Å². The van der Waals surface area contributed by atoms with Gasteiger partial charge in [0.25, 0.3) is 0 Å². The minimum absolute atomic E-state index is 0.0891. The number of hydrogen-bond donors (Lipinski definition) is 1. The number of rotatable bonds is 5. The lowest BCUT2D eigenvalue weighted by Crippen LogP contribution is -2.36. The average Bonchev–Trinajstić information content (AvgIpc) is 3.31. The minimum atomic E-state index is -0.134.